The van der Waals surface area contributed by atoms with Gasteiger partial charge in [-0.05, 0) is 36.6 Å². The molecule has 0 spiro atoms. The number of rotatable bonds is 3. The Morgan fingerprint density at radius 1 is 1.13 bits per heavy atom. The van der Waals surface area contributed by atoms with Crippen molar-refractivity contribution in [1.82, 2.24) is 4.90 Å². The number of likely N-dealkylation sites (tertiary alicyclic amines) is 1. The second kappa shape index (κ2) is 9.14. The van der Waals surface area contributed by atoms with Crippen molar-refractivity contribution in [3.8, 4) is 0 Å². The van der Waals surface area contributed by atoms with Crippen molar-refractivity contribution >= 4 is 29.4 Å². The number of carbonyl (C=O) groups excluding carboxylic acids is 2. The zero-order chi connectivity index (χ0) is 22.6. The molecule has 3 rings (SSSR count). The monoisotopic (exact) mass is 430 g/mol. The normalized spacial score (nSPS) is 17.8. The first-order valence-corrected chi connectivity index (χ1v) is 9.21. The zero-order valence-corrected chi connectivity index (χ0v) is 16.1. The van der Waals surface area contributed by atoms with E-state index >= 15 is 0 Å². The Labute approximate surface area is 169 Å². The molecule has 2 aliphatic heterocycles. The smallest absolute Gasteiger partial charge is 0.481 e. The average Bonchev–Trinajstić information content (AvgIpc) is 3.33. The Hall–Kier alpha value is -3.11. The van der Waals surface area contributed by atoms with E-state index in [9.17, 15) is 27.6 Å². The fourth-order valence-corrected chi connectivity index (χ4v) is 3.31. The van der Waals surface area contributed by atoms with Crippen LogP contribution in [0, 0.1) is 5.92 Å². The number of fused-ring (bicyclic) bond motifs is 1. The molecule has 2 amide bonds. The van der Waals surface area contributed by atoms with E-state index in [1.807, 2.05) is 19.1 Å². The number of amides is 2. The Morgan fingerprint density at radius 2 is 1.77 bits per heavy atom. The fraction of sp³-hybridized carbons (Fsp3) is 0.474. The summed E-state index contributed by atoms with van der Waals surface area (Å²) in [6.45, 7) is 3.24. The Balaban J connectivity index is 0.000000396. The summed E-state index contributed by atoms with van der Waals surface area (Å²) in [7, 11) is 0. The van der Waals surface area contributed by atoms with Gasteiger partial charge in [0.15, 0.2) is 0 Å². The van der Waals surface area contributed by atoms with Gasteiger partial charge in [-0.2, -0.15) is 13.2 Å². The number of halogens is 3. The summed E-state index contributed by atoms with van der Waals surface area (Å²) in [5.41, 5.74) is 2.46. The van der Waals surface area contributed by atoms with Gasteiger partial charge >= 0.3 is 18.1 Å². The van der Waals surface area contributed by atoms with Gasteiger partial charge in [-0.1, -0.05) is 6.92 Å². The molecule has 1 aromatic carbocycles. The maximum absolute atomic E-state index is 12.5. The summed E-state index contributed by atoms with van der Waals surface area (Å²) in [5, 5.41) is 16.2. The van der Waals surface area contributed by atoms with E-state index in [-0.39, 0.29) is 18.4 Å². The molecule has 1 atom stereocenters. The number of benzene rings is 1. The average molecular weight is 430 g/mol. The van der Waals surface area contributed by atoms with E-state index in [4.69, 9.17) is 15.0 Å². The molecule has 1 saturated heterocycles. The molecule has 2 N–H and O–H groups in total. The molecule has 11 heteroatoms. The Bertz CT molecular complexity index is 855. The summed E-state index contributed by atoms with van der Waals surface area (Å²) >= 11 is 0. The van der Waals surface area contributed by atoms with Crippen LogP contribution in [0.15, 0.2) is 18.2 Å². The molecular weight excluding hydrogens is 409 g/mol. The molecule has 0 radical (unpaired) electrons. The number of nitrogens with zero attached hydrogens (tertiary/aromatic N) is 2. The first kappa shape index (κ1) is 23.2. The lowest BCUT2D eigenvalue weighted by Crippen LogP contribution is -2.30. The second-order valence-electron chi connectivity index (χ2n) is 6.87. The van der Waals surface area contributed by atoms with Crippen molar-refractivity contribution in [1.29, 1.82) is 0 Å². The molecule has 8 nitrogen and oxygen atoms in total. The third-order valence-electron chi connectivity index (χ3n) is 4.89. The van der Waals surface area contributed by atoms with Crippen molar-refractivity contribution in [2.45, 2.75) is 32.4 Å². The SMILES string of the molecule is CCC(=O)N1CCc2cc(C(=O)N3CCC(C(=O)O)C3)ccc21.O=C(O)C(F)(F)F. The molecular formula is C19H21F3N2O6. The maximum atomic E-state index is 12.5. The summed E-state index contributed by atoms with van der Waals surface area (Å²) in [4.78, 5) is 47.7. The number of carboxylic acid groups (broad SMARTS) is 2. The summed E-state index contributed by atoms with van der Waals surface area (Å²) < 4.78 is 31.7. The number of carboxylic acids is 2. The molecule has 2 aliphatic rings. The molecule has 1 unspecified atom stereocenters. The van der Waals surface area contributed by atoms with Crippen molar-refractivity contribution in [2.75, 3.05) is 24.5 Å². The van der Waals surface area contributed by atoms with Crippen LogP contribution in [0.3, 0.4) is 0 Å². The van der Waals surface area contributed by atoms with Crippen molar-refractivity contribution in [2.24, 2.45) is 5.92 Å². The van der Waals surface area contributed by atoms with Gasteiger partial charge in [-0.3, -0.25) is 14.4 Å². The van der Waals surface area contributed by atoms with Crippen LogP contribution in [-0.2, 0) is 20.8 Å². The number of alkyl halides is 3. The van der Waals surface area contributed by atoms with Gasteiger partial charge in [-0.25, -0.2) is 4.79 Å². The minimum absolute atomic E-state index is 0.0895. The van der Waals surface area contributed by atoms with Gasteiger partial charge in [0.25, 0.3) is 5.91 Å². The second-order valence-corrected chi connectivity index (χ2v) is 6.87. The van der Waals surface area contributed by atoms with E-state index in [0.29, 0.717) is 31.5 Å². The highest BCUT2D eigenvalue weighted by Gasteiger charge is 2.38. The van der Waals surface area contributed by atoms with Crippen LogP contribution in [-0.4, -0.2) is 64.7 Å². The number of hydrogen-bond donors (Lipinski definition) is 2. The van der Waals surface area contributed by atoms with E-state index in [1.54, 1.807) is 15.9 Å². The summed E-state index contributed by atoms with van der Waals surface area (Å²) in [5.74, 6) is -4.11. The van der Waals surface area contributed by atoms with Crippen LogP contribution in [0.5, 0.6) is 0 Å². The molecule has 1 aromatic rings. The van der Waals surface area contributed by atoms with E-state index < -0.39 is 24.0 Å². The molecule has 0 bridgehead atoms. The Morgan fingerprint density at radius 3 is 2.27 bits per heavy atom. The highest BCUT2D eigenvalue weighted by molar-refractivity contribution is 5.98. The highest BCUT2D eigenvalue weighted by atomic mass is 19.4. The van der Waals surface area contributed by atoms with Crippen LogP contribution < -0.4 is 4.90 Å². The molecule has 2 heterocycles. The molecule has 30 heavy (non-hydrogen) atoms. The molecule has 0 aliphatic carbocycles. The highest BCUT2D eigenvalue weighted by Crippen LogP contribution is 2.30. The van der Waals surface area contributed by atoms with Gasteiger partial charge < -0.3 is 20.0 Å². The topological polar surface area (TPSA) is 115 Å². The van der Waals surface area contributed by atoms with Crippen molar-refractivity contribution < 1.29 is 42.6 Å². The molecule has 1 fully saturated rings. The van der Waals surface area contributed by atoms with Gasteiger partial charge in [0.1, 0.15) is 0 Å². The minimum atomic E-state index is -5.08. The number of carbonyl (C=O) groups is 4. The quantitative estimate of drug-likeness (QED) is 0.760. The van der Waals surface area contributed by atoms with Crippen LogP contribution in [0.1, 0.15) is 35.7 Å². The van der Waals surface area contributed by atoms with Crippen LogP contribution in [0.25, 0.3) is 0 Å². The van der Waals surface area contributed by atoms with Gasteiger partial charge in [0, 0.05) is 37.3 Å². The van der Waals surface area contributed by atoms with E-state index in [1.165, 1.54) is 0 Å². The molecule has 0 saturated carbocycles. The summed E-state index contributed by atoms with van der Waals surface area (Å²) in [6, 6.07) is 5.40. The molecule has 164 valence electrons. The van der Waals surface area contributed by atoms with Crippen LogP contribution >= 0.6 is 0 Å². The third-order valence-corrected chi connectivity index (χ3v) is 4.89. The fourth-order valence-electron chi connectivity index (χ4n) is 3.31. The lowest BCUT2D eigenvalue weighted by molar-refractivity contribution is -0.192. The number of aliphatic carboxylic acids is 2. The predicted octanol–water partition coefficient (Wildman–Crippen LogP) is 2.17. The van der Waals surface area contributed by atoms with E-state index in [0.717, 1.165) is 17.7 Å². The summed E-state index contributed by atoms with van der Waals surface area (Å²) in [6.07, 6.45) is -3.37. The lowest BCUT2D eigenvalue weighted by atomic mass is 10.1. The van der Waals surface area contributed by atoms with Gasteiger partial charge in [-0.15, -0.1) is 0 Å². The third kappa shape index (κ3) is 5.28. The lowest BCUT2D eigenvalue weighted by Gasteiger charge is -2.18. The first-order chi connectivity index (χ1) is 14.0. The van der Waals surface area contributed by atoms with Gasteiger partial charge in [0.05, 0.1) is 5.92 Å². The van der Waals surface area contributed by atoms with Crippen LogP contribution in [0.4, 0.5) is 18.9 Å². The van der Waals surface area contributed by atoms with Crippen LogP contribution in [0.2, 0.25) is 0 Å². The van der Waals surface area contributed by atoms with E-state index in [2.05, 4.69) is 0 Å². The van der Waals surface area contributed by atoms with Crippen molar-refractivity contribution in [3.05, 3.63) is 29.3 Å². The Kier molecular flexibility index (Phi) is 7.06. The molecule has 0 aromatic heterocycles. The van der Waals surface area contributed by atoms with Crippen molar-refractivity contribution in [3.63, 3.8) is 0 Å². The van der Waals surface area contributed by atoms with Gasteiger partial charge in [0.2, 0.25) is 5.91 Å². The zero-order valence-electron chi connectivity index (χ0n) is 16.1. The minimum Gasteiger partial charge on any atom is -0.481 e. The standard InChI is InChI=1S/C17H20N2O4.C2HF3O2/c1-2-15(20)19-8-6-11-9-12(3-4-14(11)19)16(21)18-7-5-13(10-18)17(22)23;3-2(4,5)1(6)7/h3-4,9,13H,2,5-8,10H2,1H3,(H,22,23);(H,6,7). The largest absolute Gasteiger partial charge is 0.490 e. The number of hydrogen-bond acceptors (Lipinski definition) is 4. The number of anilines is 1. The predicted molar refractivity (Wildman–Crippen MR) is 98.1 cm³/mol. The first-order valence-electron chi connectivity index (χ1n) is 9.21. The maximum Gasteiger partial charge on any atom is 0.490 e.